The van der Waals surface area contributed by atoms with Gasteiger partial charge in [0.05, 0.1) is 8.66 Å². The standard InChI is InChI=1S/C10H13Br2NOS/c1-6(5-11)7(2)13-10(14)8-3-4-9(12)15-8/h3-4,6-7H,5H2,1-2H3,(H,13,14). The zero-order chi connectivity index (χ0) is 11.4. The molecular formula is C10H13Br2NOS. The molecule has 1 aromatic heterocycles. The summed E-state index contributed by atoms with van der Waals surface area (Å²) in [5.41, 5.74) is 0. The molecule has 2 unspecified atom stereocenters. The molecule has 0 bridgehead atoms. The van der Waals surface area contributed by atoms with Crippen molar-refractivity contribution in [1.82, 2.24) is 5.32 Å². The van der Waals surface area contributed by atoms with Gasteiger partial charge in [-0.3, -0.25) is 4.79 Å². The number of hydrogen-bond donors (Lipinski definition) is 1. The summed E-state index contributed by atoms with van der Waals surface area (Å²) in [4.78, 5) is 12.5. The molecule has 0 saturated carbocycles. The molecule has 0 aliphatic heterocycles. The summed E-state index contributed by atoms with van der Waals surface area (Å²) >= 11 is 8.20. The van der Waals surface area contributed by atoms with Gasteiger partial charge in [0, 0.05) is 11.4 Å². The first-order chi connectivity index (χ1) is 7.04. The number of amides is 1. The summed E-state index contributed by atoms with van der Waals surface area (Å²) in [6.07, 6.45) is 0. The number of rotatable bonds is 4. The first kappa shape index (κ1) is 13.2. The molecule has 0 saturated heterocycles. The van der Waals surface area contributed by atoms with Crippen LogP contribution in [0.3, 0.4) is 0 Å². The molecule has 1 amide bonds. The average molecular weight is 355 g/mol. The predicted octanol–water partition coefficient (Wildman–Crippen LogP) is 3.66. The Hall–Kier alpha value is 0.130. The van der Waals surface area contributed by atoms with E-state index in [4.69, 9.17) is 0 Å². The molecule has 84 valence electrons. The fraction of sp³-hybridized carbons (Fsp3) is 0.500. The van der Waals surface area contributed by atoms with Crippen molar-refractivity contribution >= 4 is 49.1 Å². The van der Waals surface area contributed by atoms with Gasteiger partial charge in [-0.2, -0.15) is 0 Å². The van der Waals surface area contributed by atoms with Crippen LogP contribution in [-0.2, 0) is 0 Å². The number of halogens is 2. The van der Waals surface area contributed by atoms with Crippen LogP contribution in [0.25, 0.3) is 0 Å². The molecular weight excluding hydrogens is 342 g/mol. The Balaban J connectivity index is 2.56. The van der Waals surface area contributed by atoms with E-state index in [2.05, 4.69) is 44.1 Å². The van der Waals surface area contributed by atoms with E-state index in [1.54, 1.807) is 0 Å². The summed E-state index contributed by atoms with van der Waals surface area (Å²) in [6, 6.07) is 3.89. The first-order valence-corrected chi connectivity index (χ1v) is 7.40. The van der Waals surface area contributed by atoms with E-state index in [0.717, 1.165) is 14.0 Å². The largest absolute Gasteiger partial charge is 0.349 e. The third-order valence-corrected chi connectivity index (χ3v) is 4.90. The van der Waals surface area contributed by atoms with Crippen molar-refractivity contribution in [2.24, 2.45) is 5.92 Å². The van der Waals surface area contributed by atoms with Crippen molar-refractivity contribution in [2.45, 2.75) is 19.9 Å². The molecule has 1 rings (SSSR count). The molecule has 15 heavy (non-hydrogen) atoms. The number of thiophene rings is 1. The lowest BCUT2D eigenvalue weighted by Crippen LogP contribution is -2.37. The molecule has 0 radical (unpaired) electrons. The van der Waals surface area contributed by atoms with Crippen LogP contribution in [0, 0.1) is 5.92 Å². The molecule has 0 aliphatic carbocycles. The second kappa shape index (κ2) is 6.01. The van der Waals surface area contributed by atoms with Gasteiger partial charge in [0.2, 0.25) is 0 Å². The molecule has 0 spiro atoms. The van der Waals surface area contributed by atoms with Gasteiger partial charge in [0.15, 0.2) is 0 Å². The third kappa shape index (κ3) is 3.89. The van der Waals surface area contributed by atoms with Crippen molar-refractivity contribution in [1.29, 1.82) is 0 Å². The topological polar surface area (TPSA) is 29.1 Å². The van der Waals surface area contributed by atoms with Crippen LogP contribution in [-0.4, -0.2) is 17.3 Å². The highest BCUT2D eigenvalue weighted by Gasteiger charge is 2.15. The van der Waals surface area contributed by atoms with Crippen molar-refractivity contribution in [3.05, 3.63) is 20.8 Å². The number of carbonyl (C=O) groups is 1. The van der Waals surface area contributed by atoms with Crippen LogP contribution in [0.1, 0.15) is 23.5 Å². The minimum Gasteiger partial charge on any atom is -0.349 e. The van der Waals surface area contributed by atoms with Gasteiger partial charge in [0.1, 0.15) is 0 Å². The maximum Gasteiger partial charge on any atom is 0.261 e. The fourth-order valence-corrected chi connectivity index (χ4v) is 2.84. The van der Waals surface area contributed by atoms with Crippen LogP contribution < -0.4 is 5.32 Å². The Morgan fingerprint density at radius 2 is 2.20 bits per heavy atom. The summed E-state index contributed by atoms with van der Waals surface area (Å²) in [5.74, 6) is 0.434. The lowest BCUT2D eigenvalue weighted by molar-refractivity contribution is 0.0935. The van der Waals surface area contributed by atoms with E-state index in [1.807, 2.05) is 19.1 Å². The summed E-state index contributed by atoms with van der Waals surface area (Å²) in [6.45, 7) is 4.12. The van der Waals surface area contributed by atoms with E-state index >= 15 is 0 Å². The number of hydrogen-bond acceptors (Lipinski definition) is 2. The zero-order valence-corrected chi connectivity index (χ0v) is 12.6. The zero-order valence-electron chi connectivity index (χ0n) is 8.59. The maximum absolute atomic E-state index is 11.8. The monoisotopic (exact) mass is 353 g/mol. The molecule has 1 N–H and O–H groups in total. The van der Waals surface area contributed by atoms with Crippen LogP contribution in [0.5, 0.6) is 0 Å². The number of alkyl halides is 1. The quantitative estimate of drug-likeness (QED) is 0.821. The fourth-order valence-electron chi connectivity index (χ4n) is 0.990. The predicted molar refractivity (Wildman–Crippen MR) is 71.9 cm³/mol. The summed E-state index contributed by atoms with van der Waals surface area (Å²) in [7, 11) is 0. The molecule has 0 aliphatic rings. The minimum atomic E-state index is 0.00556. The van der Waals surface area contributed by atoms with Crippen molar-refractivity contribution in [3.8, 4) is 0 Å². The van der Waals surface area contributed by atoms with Gasteiger partial charge in [-0.1, -0.05) is 22.9 Å². The average Bonchev–Trinajstić information content (AvgIpc) is 2.63. The molecule has 2 nitrogen and oxygen atoms in total. The Labute approximate surface area is 111 Å². The molecule has 0 aromatic carbocycles. The Bertz CT molecular complexity index is 340. The first-order valence-electron chi connectivity index (χ1n) is 4.66. The SMILES string of the molecule is CC(CBr)C(C)NC(=O)c1ccc(Br)s1. The number of carbonyl (C=O) groups excluding carboxylic acids is 1. The maximum atomic E-state index is 11.8. The highest BCUT2D eigenvalue weighted by molar-refractivity contribution is 9.11. The minimum absolute atomic E-state index is 0.00556. The third-order valence-electron chi connectivity index (χ3n) is 2.25. The lowest BCUT2D eigenvalue weighted by atomic mass is 10.1. The van der Waals surface area contributed by atoms with Crippen LogP contribution in [0.4, 0.5) is 0 Å². The molecule has 2 atom stereocenters. The van der Waals surface area contributed by atoms with Crippen LogP contribution in [0.15, 0.2) is 15.9 Å². The van der Waals surface area contributed by atoms with Crippen LogP contribution >= 0.6 is 43.2 Å². The van der Waals surface area contributed by atoms with E-state index < -0.39 is 0 Å². The Kier molecular flexibility index (Phi) is 5.29. The Morgan fingerprint density at radius 3 is 2.67 bits per heavy atom. The second-order valence-corrected chi connectivity index (χ2v) is 6.61. The number of nitrogens with one attached hydrogen (secondary N) is 1. The van der Waals surface area contributed by atoms with Gasteiger partial charge < -0.3 is 5.32 Å². The van der Waals surface area contributed by atoms with Gasteiger partial charge in [-0.15, -0.1) is 11.3 Å². The molecule has 0 fully saturated rings. The highest BCUT2D eigenvalue weighted by atomic mass is 79.9. The van der Waals surface area contributed by atoms with E-state index in [-0.39, 0.29) is 11.9 Å². The molecule has 5 heteroatoms. The van der Waals surface area contributed by atoms with Gasteiger partial charge in [0.25, 0.3) is 5.91 Å². The van der Waals surface area contributed by atoms with E-state index in [0.29, 0.717) is 5.92 Å². The molecule has 1 heterocycles. The summed E-state index contributed by atoms with van der Waals surface area (Å²) in [5, 5.41) is 3.87. The lowest BCUT2D eigenvalue weighted by Gasteiger charge is -2.18. The second-order valence-electron chi connectivity index (χ2n) is 3.50. The smallest absolute Gasteiger partial charge is 0.261 e. The van der Waals surface area contributed by atoms with Crippen LogP contribution in [0.2, 0.25) is 0 Å². The van der Waals surface area contributed by atoms with Crippen molar-refractivity contribution in [3.63, 3.8) is 0 Å². The van der Waals surface area contributed by atoms with Gasteiger partial charge >= 0.3 is 0 Å². The summed E-state index contributed by atoms with van der Waals surface area (Å²) < 4.78 is 0.980. The van der Waals surface area contributed by atoms with E-state index in [9.17, 15) is 4.79 Å². The van der Waals surface area contributed by atoms with Gasteiger partial charge in [-0.05, 0) is 40.9 Å². The Morgan fingerprint density at radius 1 is 1.53 bits per heavy atom. The van der Waals surface area contributed by atoms with Gasteiger partial charge in [-0.25, -0.2) is 0 Å². The molecule has 1 aromatic rings. The normalized spacial score (nSPS) is 14.7. The van der Waals surface area contributed by atoms with Crippen molar-refractivity contribution < 1.29 is 4.79 Å². The van der Waals surface area contributed by atoms with E-state index in [1.165, 1.54) is 11.3 Å². The van der Waals surface area contributed by atoms with Crippen molar-refractivity contribution in [2.75, 3.05) is 5.33 Å². The highest BCUT2D eigenvalue weighted by Crippen LogP contribution is 2.22.